The molecule has 0 amide bonds. The van der Waals surface area contributed by atoms with Gasteiger partial charge in [0.15, 0.2) is 0 Å². The molecule has 0 spiro atoms. The molecule has 0 aliphatic heterocycles. The van der Waals surface area contributed by atoms with E-state index in [1.165, 1.54) is 5.56 Å². The third-order valence-corrected chi connectivity index (χ3v) is 2.25. The number of benzene rings is 1. The molecule has 1 rings (SSSR count). The molecule has 0 saturated carbocycles. The van der Waals surface area contributed by atoms with Crippen LogP contribution in [0, 0.1) is 11.8 Å². The largest absolute Gasteiger partial charge is 0.150 e. The van der Waals surface area contributed by atoms with E-state index in [1.807, 2.05) is 38.1 Å². The van der Waals surface area contributed by atoms with Crippen molar-refractivity contribution in [1.82, 2.24) is 0 Å². The fourth-order valence-electron chi connectivity index (χ4n) is 1.23. The van der Waals surface area contributed by atoms with E-state index in [2.05, 4.69) is 11.2 Å². The fourth-order valence-corrected chi connectivity index (χ4v) is 1.23. The van der Waals surface area contributed by atoms with Crippen LogP contribution < -0.4 is 0 Å². The number of rotatable bonds is 3. The van der Waals surface area contributed by atoms with Gasteiger partial charge in [0.1, 0.15) is 6.04 Å². The number of hydrogen-bond donors (Lipinski definition) is 0. The van der Waals surface area contributed by atoms with Gasteiger partial charge in [0, 0.05) is 0 Å². The zero-order chi connectivity index (χ0) is 10.6. The van der Waals surface area contributed by atoms with E-state index in [4.69, 9.17) is 0 Å². The summed E-state index contributed by atoms with van der Waals surface area (Å²) in [6.45, 7) is 5.77. The summed E-state index contributed by atoms with van der Waals surface area (Å²) < 4.78 is 0. The highest BCUT2D eigenvalue weighted by atomic mass is 16.3. The van der Waals surface area contributed by atoms with Gasteiger partial charge in [0.2, 0.25) is 0 Å². The van der Waals surface area contributed by atoms with E-state index in [-0.39, 0.29) is 6.04 Å². The van der Waals surface area contributed by atoms with Crippen LogP contribution in [0.15, 0.2) is 35.0 Å². The molecule has 1 atom stereocenters. The van der Waals surface area contributed by atoms with E-state index in [9.17, 15) is 4.91 Å². The number of aryl methyl sites for hydroxylation is 1. The van der Waals surface area contributed by atoms with Crippen molar-refractivity contribution in [3.05, 3.63) is 45.9 Å². The van der Waals surface area contributed by atoms with E-state index < -0.39 is 0 Å². The Balaban J connectivity index is 2.91. The fraction of sp³-hybridized carbons (Fsp3) is 0.333. The van der Waals surface area contributed by atoms with Gasteiger partial charge < -0.3 is 0 Å². The van der Waals surface area contributed by atoms with Gasteiger partial charge in [0.25, 0.3) is 0 Å². The third kappa shape index (κ3) is 2.80. The molecule has 0 radical (unpaired) electrons. The first-order chi connectivity index (χ1) is 6.63. The molecular formula is C12H15NO. The summed E-state index contributed by atoms with van der Waals surface area (Å²) >= 11 is 0. The monoisotopic (exact) mass is 189 g/mol. The second-order valence-corrected chi connectivity index (χ2v) is 3.58. The summed E-state index contributed by atoms with van der Waals surface area (Å²) in [5.41, 5.74) is 3.34. The summed E-state index contributed by atoms with van der Waals surface area (Å²) in [7, 11) is 0. The summed E-state index contributed by atoms with van der Waals surface area (Å²) in [6, 6.07) is 7.92. The molecule has 0 fully saturated rings. The number of nitroso groups, excluding NO2 is 1. The molecule has 1 aromatic rings. The Hall–Kier alpha value is -1.44. The van der Waals surface area contributed by atoms with Crippen LogP contribution in [0.1, 0.15) is 25.0 Å². The van der Waals surface area contributed by atoms with E-state index in [1.54, 1.807) is 6.92 Å². The molecule has 1 unspecified atom stereocenters. The minimum absolute atomic E-state index is 0.240. The van der Waals surface area contributed by atoms with E-state index in [0.717, 1.165) is 11.1 Å². The van der Waals surface area contributed by atoms with Crippen molar-refractivity contribution in [2.45, 2.75) is 26.8 Å². The summed E-state index contributed by atoms with van der Waals surface area (Å²) in [6.07, 6.45) is 2.00. The minimum Gasteiger partial charge on any atom is -0.150 e. The summed E-state index contributed by atoms with van der Waals surface area (Å²) in [5, 5.41) is 2.99. The minimum atomic E-state index is -0.240. The first kappa shape index (κ1) is 10.6. The van der Waals surface area contributed by atoms with Crippen molar-refractivity contribution in [3.8, 4) is 0 Å². The van der Waals surface area contributed by atoms with Crippen LogP contribution >= 0.6 is 0 Å². The maximum absolute atomic E-state index is 10.3. The third-order valence-electron chi connectivity index (χ3n) is 2.25. The van der Waals surface area contributed by atoms with Gasteiger partial charge in [-0.2, -0.15) is 4.91 Å². The molecular weight excluding hydrogens is 174 g/mol. The lowest BCUT2D eigenvalue weighted by Crippen LogP contribution is -1.97. The molecule has 0 saturated heterocycles. The molecule has 0 aliphatic rings. The number of nitrogens with zero attached hydrogens (tertiary/aromatic N) is 1. The second-order valence-electron chi connectivity index (χ2n) is 3.58. The number of hydrogen-bond acceptors (Lipinski definition) is 2. The quantitative estimate of drug-likeness (QED) is 0.668. The predicted molar refractivity (Wildman–Crippen MR) is 60.1 cm³/mol. The van der Waals surface area contributed by atoms with Crippen LogP contribution in [-0.4, -0.2) is 6.04 Å². The van der Waals surface area contributed by atoms with Gasteiger partial charge in [-0.25, -0.2) is 0 Å². The van der Waals surface area contributed by atoms with Crippen molar-refractivity contribution < 1.29 is 0 Å². The van der Waals surface area contributed by atoms with Crippen LogP contribution in [0.4, 0.5) is 0 Å². The van der Waals surface area contributed by atoms with Crippen molar-refractivity contribution in [1.29, 1.82) is 0 Å². The zero-order valence-electron chi connectivity index (χ0n) is 8.82. The molecule has 14 heavy (non-hydrogen) atoms. The topological polar surface area (TPSA) is 29.4 Å². The highest BCUT2D eigenvalue weighted by molar-refractivity contribution is 5.54. The van der Waals surface area contributed by atoms with Crippen molar-refractivity contribution in [2.24, 2.45) is 5.18 Å². The lowest BCUT2D eigenvalue weighted by atomic mass is 10.1. The summed E-state index contributed by atoms with van der Waals surface area (Å²) in [5.74, 6) is 0. The zero-order valence-corrected chi connectivity index (χ0v) is 8.82. The lowest BCUT2D eigenvalue weighted by Gasteiger charge is -2.03. The lowest BCUT2D eigenvalue weighted by molar-refractivity contribution is 0.860. The average Bonchev–Trinajstić information content (AvgIpc) is 2.16. The van der Waals surface area contributed by atoms with Crippen molar-refractivity contribution in [3.63, 3.8) is 0 Å². The Bertz CT molecular complexity index is 355. The standard InChI is InChI=1S/C12H15NO/c1-9-5-4-6-12(7-9)8-10(2)11(3)13-14/h4-8,11H,1-3H3/b10-8+. The first-order valence-electron chi connectivity index (χ1n) is 4.71. The van der Waals surface area contributed by atoms with Crippen molar-refractivity contribution >= 4 is 6.08 Å². The van der Waals surface area contributed by atoms with Gasteiger partial charge in [-0.1, -0.05) is 41.1 Å². The second kappa shape index (κ2) is 4.70. The smallest absolute Gasteiger partial charge is 0.110 e. The Kier molecular flexibility index (Phi) is 3.57. The Morgan fingerprint density at radius 3 is 2.79 bits per heavy atom. The van der Waals surface area contributed by atoms with Crippen molar-refractivity contribution in [2.75, 3.05) is 0 Å². The maximum atomic E-state index is 10.3. The highest BCUT2D eigenvalue weighted by Crippen LogP contribution is 2.12. The van der Waals surface area contributed by atoms with Crippen LogP contribution in [0.3, 0.4) is 0 Å². The molecule has 0 N–H and O–H groups in total. The molecule has 2 heteroatoms. The molecule has 0 bridgehead atoms. The normalized spacial score (nSPS) is 13.8. The Labute approximate surface area is 84.6 Å². The van der Waals surface area contributed by atoms with Crippen LogP contribution in [-0.2, 0) is 0 Å². The van der Waals surface area contributed by atoms with Gasteiger partial charge in [0.05, 0.1) is 0 Å². The van der Waals surface area contributed by atoms with Gasteiger partial charge in [-0.15, -0.1) is 0 Å². The molecule has 0 aliphatic carbocycles. The first-order valence-corrected chi connectivity index (χ1v) is 4.71. The van der Waals surface area contributed by atoms with Gasteiger partial charge >= 0.3 is 0 Å². The van der Waals surface area contributed by atoms with Crippen LogP contribution in [0.25, 0.3) is 6.08 Å². The summed E-state index contributed by atoms with van der Waals surface area (Å²) in [4.78, 5) is 10.3. The van der Waals surface area contributed by atoms with Gasteiger partial charge in [-0.05, 0) is 31.9 Å². The average molecular weight is 189 g/mol. The molecule has 1 aromatic carbocycles. The van der Waals surface area contributed by atoms with Gasteiger partial charge in [-0.3, -0.25) is 0 Å². The van der Waals surface area contributed by atoms with E-state index in [0.29, 0.717) is 0 Å². The van der Waals surface area contributed by atoms with Crippen LogP contribution in [0.5, 0.6) is 0 Å². The molecule has 0 heterocycles. The maximum Gasteiger partial charge on any atom is 0.110 e. The predicted octanol–water partition coefficient (Wildman–Crippen LogP) is 3.55. The molecule has 0 aromatic heterocycles. The highest BCUT2D eigenvalue weighted by Gasteiger charge is 2.02. The molecule has 74 valence electrons. The Morgan fingerprint density at radius 1 is 1.50 bits per heavy atom. The Morgan fingerprint density at radius 2 is 2.21 bits per heavy atom. The SMILES string of the molecule is C/C(=C\c1cccc(C)c1)C(C)N=O. The van der Waals surface area contributed by atoms with Crippen LogP contribution in [0.2, 0.25) is 0 Å². The molecule has 2 nitrogen and oxygen atoms in total. The van der Waals surface area contributed by atoms with E-state index >= 15 is 0 Å².